The van der Waals surface area contributed by atoms with Crippen molar-refractivity contribution in [3.05, 3.63) is 35.4 Å². The fourth-order valence-electron chi connectivity index (χ4n) is 2.32. The van der Waals surface area contributed by atoms with Crippen LogP contribution in [-0.2, 0) is 27.4 Å². The molecule has 0 saturated carbocycles. The molecule has 0 bridgehead atoms. The Morgan fingerprint density at radius 2 is 1.69 bits per heavy atom. The van der Waals surface area contributed by atoms with Gasteiger partial charge >= 0.3 is 0 Å². The largest absolute Gasteiger partial charge is 0.380 e. The maximum absolute atomic E-state index is 5.57. The number of ether oxygens (including phenoxy) is 3. The van der Waals surface area contributed by atoms with E-state index < -0.39 is 0 Å². The van der Waals surface area contributed by atoms with E-state index in [4.69, 9.17) is 14.2 Å². The number of benzene rings is 1. The summed E-state index contributed by atoms with van der Waals surface area (Å²) in [7, 11) is 1.71. The Bertz CT molecular complexity index is 495. The van der Waals surface area contributed by atoms with Gasteiger partial charge in [0.15, 0.2) is 5.96 Å². The smallest absolute Gasteiger partial charge is 0.191 e. The molecule has 1 aromatic rings. The summed E-state index contributed by atoms with van der Waals surface area (Å²) in [4.78, 5) is 4.65. The summed E-state index contributed by atoms with van der Waals surface area (Å²) < 4.78 is 16.3. The zero-order chi connectivity index (χ0) is 18.9. The number of hydrogen-bond donors (Lipinski definition) is 2. The third kappa shape index (κ3) is 10.4. The van der Waals surface area contributed by atoms with Crippen LogP contribution in [-0.4, -0.2) is 52.6 Å². The summed E-state index contributed by atoms with van der Waals surface area (Å²) in [6.45, 7) is 9.68. The second-order valence-electron chi connectivity index (χ2n) is 5.90. The van der Waals surface area contributed by atoms with Crippen LogP contribution in [0.3, 0.4) is 0 Å². The molecule has 0 heterocycles. The Morgan fingerprint density at radius 1 is 0.962 bits per heavy atom. The first-order valence-electron chi connectivity index (χ1n) is 9.55. The van der Waals surface area contributed by atoms with Crippen molar-refractivity contribution in [1.29, 1.82) is 0 Å². The molecule has 26 heavy (non-hydrogen) atoms. The van der Waals surface area contributed by atoms with Crippen molar-refractivity contribution in [3.63, 3.8) is 0 Å². The highest BCUT2D eigenvalue weighted by Crippen LogP contribution is 2.11. The van der Waals surface area contributed by atoms with Crippen LogP contribution in [0, 0.1) is 0 Å². The summed E-state index contributed by atoms with van der Waals surface area (Å²) in [6, 6.07) is 8.21. The zero-order valence-electron chi connectivity index (χ0n) is 16.6. The van der Waals surface area contributed by atoms with Crippen LogP contribution in [0.1, 0.15) is 37.8 Å². The number of aliphatic imine (C=N–C) groups is 1. The van der Waals surface area contributed by atoms with E-state index >= 15 is 0 Å². The summed E-state index contributed by atoms with van der Waals surface area (Å²) in [5.74, 6) is 0.794. The number of unbranched alkanes of at least 4 members (excludes halogenated alkanes) is 1. The molecule has 6 heteroatoms. The molecule has 0 aliphatic rings. The molecule has 1 aromatic carbocycles. The lowest BCUT2D eigenvalue weighted by Crippen LogP contribution is -2.39. The minimum absolute atomic E-state index is 0.601. The minimum Gasteiger partial charge on any atom is -0.380 e. The molecule has 0 aromatic heterocycles. The number of methoxy groups -OCH3 is 1. The van der Waals surface area contributed by atoms with E-state index in [1.807, 2.05) is 12.1 Å². The molecule has 2 N–H and O–H groups in total. The third-order valence-electron chi connectivity index (χ3n) is 3.72. The van der Waals surface area contributed by atoms with Gasteiger partial charge in [0.2, 0.25) is 0 Å². The SMILES string of the molecule is CCCCOCCOCCNC(=NCc1ccccc1COC)NCC. The molecule has 0 fully saturated rings. The van der Waals surface area contributed by atoms with Crippen LogP contribution in [0.15, 0.2) is 29.3 Å². The van der Waals surface area contributed by atoms with Crippen LogP contribution >= 0.6 is 0 Å². The molecule has 0 aliphatic carbocycles. The monoisotopic (exact) mass is 365 g/mol. The van der Waals surface area contributed by atoms with Gasteiger partial charge in [0, 0.05) is 26.8 Å². The molecule has 0 radical (unpaired) electrons. The van der Waals surface area contributed by atoms with Crippen LogP contribution in [0.25, 0.3) is 0 Å². The number of nitrogens with one attached hydrogen (secondary N) is 2. The molecule has 6 nitrogen and oxygen atoms in total. The number of guanidine groups is 1. The Kier molecular flexibility index (Phi) is 13.5. The molecular formula is C20H35N3O3. The molecule has 0 amide bonds. The van der Waals surface area contributed by atoms with E-state index in [0.717, 1.165) is 32.0 Å². The van der Waals surface area contributed by atoms with Crippen LogP contribution in [0.4, 0.5) is 0 Å². The average Bonchev–Trinajstić information content (AvgIpc) is 2.66. The predicted molar refractivity (Wildman–Crippen MR) is 107 cm³/mol. The van der Waals surface area contributed by atoms with Gasteiger partial charge in [-0.15, -0.1) is 0 Å². The Labute approximate surface area is 158 Å². The summed E-state index contributed by atoms with van der Waals surface area (Å²) in [5.41, 5.74) is 2.34. The van der Waals surface area contributed by atoms with Gasteiger partial charge in [-0.25, -0.2) is 4.99 Å². The molecule has 0 aliphatic heterocycles. The number of nitrogens with zero attached hydrogens (tertiary/aromatic N) is 1. The van der Waals surface area contributed by atoms with Gasteiger partial charge in [0.1, 0.15) is 0 Å². The lowest BCUT2D eigenvalue weighted by Gasteiger charge is -2.12. The van der Waals surface area contributed by atoms with Gasteiger partial charge in [0.25, 0.3) is 0 Å². The van der Waals surface area contributed by atoms with Crippen molar-refractivity contribution in [2.45, 2.75) is 39.8 Å². The maximum Gasteiger partial charge on any atom is 0.191 e. The first kappa shape index (κ1) is 22.4. The lowest BCUT2D eigenvalue weighted by atomic mass is 10.1. The fourth-order valence-corrected chi connectivity index (χ4v) is 2.32. The van der Waals surface area contributed by atoms with E-state index in [1.54, 1.807) is 7.11 Å². The second-order valence-corrected chi connectivity index (χ2v) is 5.90. The Morgan fingerprint density at radius 3 is 2.38 bits per heavy atom. The summed E-state index contributed by atoms with van der Waals surface area (Å²) in [5, 5.41) is 6.55. The number of rotatable bonds is 14. The van der Waals surface area contributed by atoms with Gasteiger partial charge in [-0.1, -0.05) is 37.6 Å². The van der Waals surface area contributed by atoms with Gasteiger partial charge in [-0.3, -0.25) is 0 Å². The molecule has 0 spiro atoms. The zero-order valence-corrected chi connectivity index (χ0v) is 16.6. The first-order valence-corrected chi connectivity index (χ1v) is 9.55. The Balaban J connectivity index is 2.31. The molecule has 1 rings (SSSR count). The standard InChI is InChI=1S/C20H35N3O3/c1-4-6-12-25-14-15-26-13-11-22-20(21-5-2)23-16-18-9-7-8-10-19(18)17-24-3/h7-10H,4-6,11-17H2,1-3H3,(H2,21,22,23). The lowest BCUT2D eigenvalue weighted by molar-refractivity contribution is 0.0487. The summed E-state index contributed by atoms with van der Waals surface area (Å²) in [6.07, 6.45) is 2.27. The van der Waals surface area contributed by atoms with E-state index in [2.05, 4.69) is 41.6 Å². The molecule has 0 atom stereocenters. The highest BCUT2D eigenvalue weighted by molar-refractivity contribution is 5.79. The fraction of sp³-hybridized carbons (Fsp3) is 0.650. The van der Waals surface area contributed by atoms with E-state index in [9.17, 15) is 0 Å². The van der Waals surface area contributed by atoms with Crippen molar-refractivity contribution in [1.82, 2.24) is 10.6 Å². The van der Waals surface area contributed by atoms with Crippen molar-refractivity contribution >= 4 is 5.96 Å². The molecule has 148 valence electrons. The summed E-state index contributed by atoms with van der Waals surface area (Å²) >= 11 is 0. The van der Waals surface area contributed by atoms with Crippen molar-refractivity contribution < 1.29 is 14.2 Å². The van der Waals surface area contributed by atoms with Gasteiger partial charge in [-0.2, -0.15) is 0 Å². The quantitative estimate of drug-likeness (QED) is 0.301. The molecular weight excluding hydrogens is 330 g/mol. The van der Waals surface area contributed by atoms with Gasteiger partial charge < -0.3 is 24.8 Å². The molecule has 0 saturated heterocycles. The van der Waals surface area contributed by atoms with E-state index in [-0.39, 0.29) is 0 Å². The third-order valence-corrected chi connectivity index (χ3v) is 3.72. The maximum atomic E-state index is 5.57. The van der Waals surface area contributed by atoms with Gasteiger partial charge in [0.05, 0.1) is 33.0 Å². The van der Waals surface area contributed by atoms with Crippen LogP contribution in [0.2, 0.25) is 0 Å². The van der Waals surface area contributed by atoms with E-state index in [0.29, 0.717) is 39.5 Å². The van der Waals surface area contributed by atoms with Crippen LogP contribution < -0.4 is 10.6 Å². The van der Waals surface area contributed by atoms with Crippen LogP contribution in [0.5, 0.6) is 0 Å². The number of hydrogen-bond acceptors (Lipinski definition) is 4. The highest BCUT2D eigenvalue weighted by Gasteiger charge is 2.02. The predicted octanol–water partition coefficient (Wildman–Crippen LogP) is 2.72. The van der Waals surface area contributed by atoms with Gasteiger partial charge in [-0.05, 0) is 24.5 Å². The van der Waals surface area contributed by atoms with Crippen molar-refractivity contribution in [2.75, 3.05) is 46.6 Å². The van der Waals surface area contributed by atoms with Crippen molar-refractivity contribution in [2.24, 2.45) is 4.99 Å². The van der Waals surface area contributed by atoms with Crippen molar-refractivity contribution in [3.8, 4) is 0 Å². The average molecular weight is 366 g/mol. The topological polar surface area (TPSA) is 64.1 Å². The first-order chi connectivity index (χ1) is 12.8. The Hall–Kier alpha value is -1.63. The molecule has 0 unspecified atom stereocenters. The van der Waals surface area contributed by atoms with E-state index in [1.165, 1.54) is 11.1 Å². The normalized spacial score (nSPS) is 11.6. The highest BCUT2D eigenvalue weighted by atomic mass is 16.5. The minimum atomic E-state index is 0.601. The second kappa shape index (κ2) is 15.6.